The summed E-state index contributed by atoms with van der Waals surface area (Å²) >= 11 is 5.86. The van der Waals surface area contributed by atoms with Gasteiger partial charge in [0.2, 0.25) is 0 Å². The van der Waals surface area contributed by atoms with E-state index in [9.17, 15) is 9.50 Å². The molecule has 98 valence electrons. The topological polar surface area (TPSA) is 23.5 Å². The number of aliphatic hydroxyl groups excluding tert-OH is 1. The van der Waals surface area contributed by atoms with E-state index in [-0.39, 0.29) is 11.9 Å². The van der Waals surface area contributed by atoms with Gasteiger partial charge in [0.1, 0.15) is 5.82 Å². The summed E-state index contributed by atoms with van der Waals surface area (Å²) in [5.41, 5.74) is 0.931. The normalized spacial score (nSPS) is 31.8. The summed E-state index contributed by atoms with van der Waals surface area (Å²) in [7, 11) is 0. The smallest absolute Gasteiger partial charge is 0.125 e. The Kier molecular flexibility index (Phi) is 3.31. The lowest BCUT2D eigenvalue weighted by Crippen LogP contribution is -2.22. The summed E-state index contributed by atoms with van der Waals surface area (Å²) in [4.78, 5) is 2.34. The molecule has 1 unspecified atom stereocenters. The molecule has 2 nitrogen and oxygen atoms in total. The zero-order valence-corrected chi connectivity index (χ0v) is 10.9. The van der Waals surface area contributed by atoms with Crippen LogP contribution in [0.25, 0.3) is 0 Å². The molecule has 0 spiro atoms. The van der Waals surface area contributed by atoms with Crippen LogP contribution in [0.4, 0.5) is 4.39 Å². The molecule has 4 heteroatoms. The number of hydrogen-bond donors (Lipinski definition) is 1. The van der Waals surface area contributed by atoms with Crippen molar-refractivity contribution in [1.82, 2.24) is 4.90 Å². The standard InChI is InChI=1S/C14H17ClFNO/c15-12-1-9(2-13(16)5-12)6-17-7-10-3-14(18)4-11(10)8-17/h1-2,5,10-11,14,18H,3-4,6-8H2/t10-,11+,14?. The number of halogens is 2. The van der Waals surface area contributed by atoms with E-state index in [1.807, 2.05) is 6.07 Å². The Balaban J connectivity index is 1.65. The Bertz CT molecular complexity index is 419. The molecule has 0 aromatic heterocycles. The molecule has 0 amide bonds. The van der Waals surface area contributed by atoms with Gasteiger partial charge in [0.05, 0.1) is 6.10 Å². The number of hydrogen-bond acceptors (Lipinski definition) is 2. The lowest BCUT2D eigenvalue weighted by atomic mass is 10.0. The SMILES string of the molecule is OC1C[C@@H]2CN(Cc3cc(F)cc(Cl)c3)C[C@@H]2C1. The van der Waals surface area contributed by atoms with Crippen LogP contribution in [0.3, 0.4) is 0 Å². The van der Waals surface area contributed by atoms with Gasteiger partial charge in [-0.25, -0.2) is 4.39 Å². The molecule has 3 rings (SSSR count). The fourth-order valence-electron chi connectivity index (χ4n) is 3.45. The summed E-state index contributed by atoms with van der Waals surface area (Å²) in [5, 5.41) is 10.1. The Labute approximate surface area is 111 Å². The summed E-state index contributed by atoms with van der Waals surface area (Å²) in [5.74, 6) is 0.959. The highest BCUT2D eigenvalue weighted by atomic mass is 35.5. The fraction of sp³-hybridized carbons (Fsp3) is 0.571. The van der Waals surface area contributed by atoms with Crippen molar-refractivity contribution in [3.63, 3.8) is 0 Å². The monoisotopic (exact) mass is 269 g/mol. The zero-order valence-electron chi connectivity index (χ0n) is 10.1. The van der Waals surface area contributed by atoms with Crippen LogP contribution in [0.2, 0.25) is 5.02 Å². The van der Waals surface area contributed by atoms with Gasteiger partial charge in [-0.05, 0) is 48.4 Å². The molecule has 1 aromatic rings. The van der Waals surface area contributed by atoms with E-state index in [2.05, 4.69) is 4.90 Å². The van der Waals surface area contributed by atoms with Crippen molar-refractivity contribution >= 4 is 11.6 Å². The molecule has 0 radical (unpaired) electrons. The van der Waals surface area contributed by atoms with Crippen LogP contribution in [0.1, 0.15) is 18.4 Å². The van der Waals surface area contributed by atoms with E-state index < -0.39 is 0 Å². The molecular formula is C14H17ClFNO. The van der Waals surface area contributed by atoms with E-state index in [1.54, 1.807) is 6.07 Å². The van der Waals surface area contributed by atoms with Crippen LogP contribution < -0.4 is 0 Å². The van der Waals surface area contributed by atoms with Crippen LogP contribution >= 0.6 is 11.6 Å². The van der Waals surface area contributed by atoms with Crippen molar-refractivity contribution in [2.75, 3.05) is 13.1 Å². The molecule has 0 bridgehead atoms. The lowest BCUT2D eigenvalue weighted by Gasteiger charge is -2.17. The zero-order chi connectivity index (χ0) is 12.7. The summed E-state index contributed by atoms with van der Waals surface area (Å²) in [6, 6.07) is 4.71. The second-order valence-electron chi connectivity index (χ2n) is 5.62. The first kappa shape index (κ1) is 12.4. The third-order valence-electron chi connectivity index (χ3n) is 4.13. The van der Waals surface area contributed by atoms with Crippen LogP contribution in [0.15, 0.2) is 18.2 Å². The maximum Gasteiger partial charge on any atom is 0.125 e. The van der Waals surface area contributed by atoms with Gasteiger partial charge in [-0.2, -0.15) is 0 Å². The molecule has 1 aliphatic carbocycles. The number of benzene rings is 1. The van der Waals surface area contributed by atoms with Crippen LogP contribution in [-0.4, -0.2) is 29.2 Å². The first-order chi connectivity index (χ1) is 8.60. The molecule has 1 saturated carbocycles. The van der Waals surface area contributed by atoms with Crippen molar-refractivity contribution in [1.29, 1.82) is 0 Å². The second-order valence-corrected chi connectivity index (χ2v) is 6.05. The first-order valence-corrected chi connectivity index (χ1v) is 6.83. The van der Waals surface area contributed by atoms with Crippen molar-refractivity contribution in [3.8, 4) is 0 Å². The fourth-order valence-corrected chi connectivity index (χ4v) is 3.70. The molecule has 3 atom stereocenters. The lowest BCUT2D eigenvalue weighted by molar-refractivity contribution is 0.161. The second kappa shape index (κ2) is 4.80. The minimum atomic E-state index is -0.271. The van der Waals surface area contributed by atoms with Gasteiger partial charge in [-0.3, -0.25) is 4.90 Å². The van der Waals surface area contributed by atoms with Crippen LogP contribution in [-0.2, 0) is 6.54 Å². The van der Waals surface area contributed by atoms with Gasteiger partial charge < -0.3 is 5.11 Å². The molecule has 1 heterocycles. The molecule has 18 heavy (non-hydrogen) atoms. The summed E-state index contributed by atoms with van der Waals surface area (Å²) in [6.07, 6.45) is 1.74. The largest absolute Gasteiger partial charge is 0.393 e. The summed E-state index contributed by atoms with van der Waals surface area (Å²) in [6.45, 7) is 2.77. The van der Waals surface area contributed by atoms with Gasteiger partial charge in [-0.1, -0.05) is 11.6 Å². The van der Waals surface area contributed by atoms with E-state index in [1.165, 1.54) is 6.07 Å². The molecule has 1 aliphatic heterocycles. The minimum absolute atomic E-state index is 0.106. The van der Waals surface area contributed by atoms with Gasteiger partial charge in [0.25, 0.3) is 0 Å². The minimum Gasteiger partial charge on any atom is -0.393 e. The first-order valence-electron chi connectivity index (χ1n) is 6.45. The molecule has 2 fully saturated rings. The molecule has 1 saturated heterocycles. The molecule has 2 aliphatic rings. The average molecular weight is 270 g/mol. The van der Waals surface area contributed by atoms with Crippen LogP contribution in [0.5, 0.6) is 0 Å². The van der Waals surface area contributed by atoms with Gasteiger partial charge >= 0.3 is 0 Å². The van der Waals surface area contributed by atoms with E-state index in [4.69, 9.17) is 11.6 Å². The third-order valence-corrected chi connectivity index (χ3v) is 4.35. The predicted molar refractivity (Wildman–Crippen MR) is 68.9 cm³/mol. The van der Waals surface area contributed by atoms with Gasteiger partial charge in [0, 0.05) is 24.7 Å². The van der Waals surface area contributed by atoms with Crippen molar-refractivity contribution in [2.24, 2.45) is 11.8 Å². The number of rotatable bonds is 2. The van der Waals surface area contributed by atoms with E-state index in [0.29, 0.717) is 16.9 Å². The van der Waals surface area contributed by atoms with Crippen molar-refractivity contribution < 1.29 is 9.50 Å². The number of fused-ring (bicyclic) bond motifs is 1. The number of likely N-dealkylation sites (tertiary alicyclic amines) is 1. The van der Waals surface area contributed by atoms with Crippen molar-refractivity contribution in [2.45, 2.75) is 25.5 Å². The average Bonchev–Trinajstić information content (AvgIpc) is 2.72. The Morgan fingerprint density at radius 2 is 1.89 bits per heavy atom. The Hall–Kier alpha value is -0.640. The van der Waals surface area contributed by atoms with Gasteiger partial charge in [-0.15, -0.1) is 0 Å². The highest BCUT2D eigenvalue weighted by Crippen LogP contribution is 2.38. The molecular weight excluding hydrogens is 253 g/mol. The highest BCUT2D eigenvalue weighted by molar-refractivity contribution is 6.30. The third kappa shape index (κ3) is 2.53. The highest BCUT2D eigenvalue weighted by Gasteiger charge is 2.39. The maximum absolute atomic E-state index is 13.2. The quantitative estimate of drug-likeness (QED) is 0.892. The van der Waals surface area contributed by atoms with Crippen LogP contribution in [0, 0.1) is 17.7 Å². The number of nitrogens with zero attached hydrogens (tertiary/aromatic N) is 1. The molecule has 1 N–H and O–H groups in total. The van der Waals surface area contributed by atoms with E-state index in [0.717, 1.165) is 38.0 Å². The van der Waals surface area contributed by atoms with Crippen molar-refractivity contribution in [3.05, 3.63) is 34.6 Å². The number of aliphatic hydroxyl groups is 1. The van der Waals surface area contributed by atoms with Gasteiger partial charge in [0.15, 0.2) is 0 Å². The Morgan fingerprint density at radius 1 is 1.22 bits per heavy atom. The summed E-state index contributed by atoms with van der Waals surface area (Å²) < 4.78 is 13.2. The Morgan fingerprint density at radius 3 is 2.50 bits per heavy atom. The van der Waals surface area contributed by atoms with E-state index >= 15 is 0 Å². The predicted octanol–water partition coefficient (Wildman–Crippen LogP) is 2.68. The molecule has 1 aromatic carbocycles. The maximum atomic E-state index is 13.2.